The Labute approximate surface area is 409 Å². The van der Waals surface area contributed by atoms with E-state index < -0.39 is 12.4 Å². The Balaban J connectivity index is 0.608. The Morgan fingerprint density at radius 3 is 2.24 bits per heavy atom. The number of piperidine rings is 4. The number of anilines is 1. The molecule has 6 aliphatic heterocycles. The lowest BCUT2D eigenvalue weighted by atomic mass is 9.88. The van der Waals surface area contributed by atoms with Crippen LogP contribution in [0.4, 0.5) is 5.82 Å². The molecular weight excluding hydrogens is 885 g/mol. The first-order chi connectivity index (χ1) is 34.2. The van der Waals surface area contributed by atoms with E-state index in [1.807, 2.05) is 60.7 Å². The molecule has 5 aromatic rings. The predicted octanol–water partition coefficient (Wildman–Crippen LogP) is 4.89. The van der Waals surface area contributed by atoms with Gasteiger partial charge in [0.1, 0.15) is 35.4 Å². The fourth-order valence-electron chi connectivity index (χ4n) is 12.1. The molecule has 2 aromatic heterocycles. The highest BCUT2D eigenvalue weighted by Crippen LogP contribution is 2.37. The number of nitrogens with zero attached hydrogens (tertiary/aromatic N) is 10. The zero-order chi connectivity index (χ0) is 47.7. The Morgan fingerprint density at radius 2 is 1.49 bits per heavy atom. The van der Waals surface area contributed by atoms with E-state index in [1.54, 1.807) is 4.90 Å². The number of para-hydroxylation sites is 1. The molecule has 0 spiro atoms. The van der Waals surface area contributed by atoms with Gasteiger partial charge in [0.05, 0.1) is 11.4 Å². The normalized spacial score (nSPS) is 23.5. The number of amides is 3. The number of likely N-dealkylation sites (tertiary alicyclic amines) is 3. The van der Waals surface area contributed by atoms with Crippen molar-refractivity contribution in [3.63, 3.8) is 0 Å². The third-order valence-corrected chi connectivity index (χ3v) is 16.0. The van der Waals surface area contributed by atoms with Gasteiger partial charge in [0.25, 0.3) is 5.91 Å². The van der Waals surface area contributed by atoms with Crippen molar-refractivity contribution in [3.05, 3.63) is 95.8 Å². The van der Waals surface area contributed by atoms with Crippen molar-refractivity contribution in [1.82, 2.24) is 54.5 Å². The Bertz CT molecular complexity index is 2660. The number of hydrogen-bond donors (Lipinski definition) is 3. The first-order valence-electron chi connectivity index (χ1n) is 25.7. The Hall–Kier alpha value is -5.82. The molecule has 8 heterocycles. The van der Waals surface area contributed by atoms with Crippen molar-refractivity contribution < 1.29 is 24.2 Å². The van der Waals surface area contributed by atoms with Gasteiger partial charge in [0, 0.05) is 75.9 Å². The third kappa shape index (κ3) is 9.79. The molecule has 5 saturated heterocycles. The predicted molar refractivity (Wildman–Crippen MR) is 266 cm³/mol. The topological polar surface area (TPSA) is 182 Å². The molecule has 3 aromatic carbocycles. The second kappa shape index (κ2) is 20.5. The van der Waals surface area contributed by atoms with E-state index in [-0.39, 0.29) is 30.2 Å². The molecule has 0 bridgehead atoms. The molecule has 6 aliphatic rings. The number of aliphatic hydroxyl groups excluding tert-OH is 1. The summed E-state index contributed by atoms with van der Waals surface area (Å²) in [7, 11) is 0. The van der Waals surface area contributed by atoms with Crippen molar-refractivity contribution in [2.45, 2.75) is 94.7 Å². The van der Waals surface area contributed by atoms with Gasteiger partial charge in [-0.05, 0) is 144 Å². The minimum absolute atomic E-state index is 0.114. The van der Waals surface area contributed by atoms with E-state index in [0.29, 0.717) is 36.3 Å². The number of ether oxygens (including phenoxy) is 1. The molecular formula is C53H66N12O5. The van der Waals surface area contributed by atoms with Crippen LogP contribution in [0.5, 0.6) is 11.5 Å². The van der Waals surface area contributed by atoms with Gasteiger partial charge in [-0.1, -0.05) is 30.3 Å². The number of aromatic nitrogens is 4. The molecule has 17 nitrogen and oxygen atoms in total. The SMILES string of the molecule is Nc1ncnc2c1c(-c1ccc(Oc3ccccc3)cc1)nn2C1CCCN(C2CCN(C(O)N3CCN(CCCN4CCC(c5ccc6c(c5)CN(C5CCC(=O)NC5=O)C6=O)CC4)CC3)CC2)C1. The van der Waals surface area contributed by atoms with E-state index in [1.165, 1.54) is 11.9 Å². The van der Waals surface area contributed by atoms with Crippen LogP contribution in [0.25, 0.3) is 22.3 Å². The summed E-state index contributed by atoms with van der Waals surface area (Å²) < 4.78 is 8.14. The summed E-state index contributed by atoms with van der Waals surface area (Å²) in [6.07, 6.45) is 9.10. The van der Waals surface area contributed by atoms with Crippen molar-refractivity contribution in [2.24, 2.45) is 0 Å². The summed E-state index contributed by atoms with van der Waals surface area (Å²) in [5.74, 6) is 1.67. The Morgan fingerprint density at radius 1 is 0.757 bits per heavy atom. The number of imide groups is 1. The van der Waals surface area contributed by atoms with Crippen molar-refractivity contribution in [3.8, 4) is 22.8 Å². The summed E-state index contributed by atoms with van der Waals surface area (Å²) in [6.45, 7) is 12.1. The minimum atomic E-state index is -0.584. The molecule has 3 atom stereocenters. The second-order valence-corrected chi connectivity index (χ2v) is 20.3. The van der Waals surface area contributed by atoms with Crippen LogP contribution < -0.4 is 15.8 Å². The molecule has 3 unspecified atom stereocenters. The van der Waals surface area contributed by atoms with Crippen LogP contribution in [0.1, 0.15) is 91.2 Å². The van der Waals surface area contributed by atoms with Gasteiger partial charge < -0.3 is 30.3 Å². The monoisotopic (exact) mass is 951 g/mol. The van der Waals surface area contributed by atoms with E-state index >= 15 is 0 Å². The average Bonchev–Trinajstić information content (AvgIpc) is 3.95. The largest absolute Gasteiger partial charge is 0.457 e. The number of aliphatic hydroxyl groups is 1. The average molecular weight is 951 g/mol. The van der Waals surface area contributed by atoms with Crippen LogP contribution in [0.15, 0.2) is 79.1 Å². The summed E-state index contributed by atoms with van der Waals surface area (Å²) in [6, 6.07) is 24.0. The van der Waals surface area contributed by atoms with Crippen LogP contribution >= 0.6 is 0 Å². The quantitative estimate of drug-likeness (QED) is 0.136. The summed E-state index contributed by atoms with van der Waals surface area (Å²) in [5.41, 5.74) is 12.0. The highest BCUT2D eigenvalue weighted by molar-refractivity contribution is 6.05. The van der Waals surface area contributed by atoms with Crippen molar-refractivity contribution in [2.75, 3.05) is 84.3 Å². The fourth-order valence-corrected chi connectivity index (χ4v) is 12.1. The first kappa shape index (κ1) is 46.6. The number of nitrogen functional groups attached to an aromatic ring is 1. The molecule has 0 radical (unpaired) electrons. The number of carbonyl (C=O) groups is 3. The summed E-state index contributed by atoms with van der Waals surface area (Å²) >= 11 is 0. The van der Waals surface area contributed by atoms with Gasteiger partial charge in [-0.3, -0.25) is 34.4 Å². The van der Waals surface area contributed by atoms with Crippen molar-refractivity contribution >= 4 is 34.6 Å². The Kier molecular flexibility index (Phi) is 13.6. The van der Waals surface area contributed by atoms with Gasteiger partial charge in [-0.2, -0.15) is 5.10 Å². The second-order valence-electron chi connectivity index (χ2n) is 20.3. The molecule has 0 saturated carbocycles. The van der Waals surface area contributed by atoms with E-state index in [4.69, 9.17) is 20.6 Å². The smallest absolute Gasteiger partial charge is 0.255 e. The lowest BCUT2D eigenvalue weighted by molar-refractivity contribution is -0.137. The number of benzene rings is 3. The summed E-state index contributed by atoms with van der Waals surface area (Å²) in [5, 5.41) is 20.0. The molecule has 5 fully saturated rings. The maximum atomic E-state index is 13.2. The van der Waals surface area contributed by atoms with Crippen LogP contribution in [-0.2, 0) is 16.1 Å². The van der Waals surface area contributed by atoms with Crippen LogP contribution in [0.3, 0.4) is 0 Å². The van der Waals surface area contributed by atoms with E-state index in [0.717, 1.165) is 163 Å². The van der Waals surface area contributed by atoms with Crippen LogP contribution in [0, 0.1) is 0 Å². The zero-order valence-electron chi connectivity index (χ0n) is 40.1. The lowest BCUT2D eigenvalue weighted by Gasteiger charge is -2.46. The minimum Gasteiger partial charge on any atom is -0.457 e. The third-order valence-electron chi connectivity index (χ3n) is 16.0. The van der Waals surface area contributed by atoms with E-state index in [2.05, 4.69) is 51.6 Å². The van der Waals surface area contributed by atoms with Crippen LogP contribution in [-0.4, -0.2) is 169 Å². The maximum Gasteiger partial charge on any atom is 0.255 e. The number of fused-ring (bicyclic) bond motifs is 2. The molecule has 70 heavy (non-hydrogen) atoms. The molecule has 11 rings (SSSR count). The van der Waals surface area contributed by atoms with Crippen LogP contribution in [0.2, 0.25) is 0 Å². The number of nitrogens with two attached hydrogens (primary N) is 1. The number of carbonyl (C=O) groups excluding carboxylic acids is 3. The standard InChI is InChI=1S/C53H66N12O5/c54-49-47-48(37-9-12-43(13-10-37)70-42-7-2-1-3-8-42)58-65(50(47)56-35-55-49)41-6-4-23-63(34-41)40-19-26-61(27-20-40)53(69)62-30-28-60(29-31-62)22-5-21-59-24-17-36(18-25-59)38-11-14-44-39(32-38)33-64(52(44)68)45-15-16-46(66)57-51(45)67/h1-3,7-14,32,35-36,40-41,45,53,69H,4-6,15-31,33-34H2,(H2,54,55,56)(H,57,66,67). The van der Waals surface area contributed by atoms with Gasteiger partial charge >= 0.3 is 0 Å². The highest BCUT2D eigenvalue weighted by Gasteiger charge is 2.40. The van der Waals surface area contributed by atoms with Gasteiger partial charge in [-0.15, -0.1) is 0 Å². The molecule has 3 amide bonds. The molecule has 368 valence electrons. The fraction of sp³-hybridized carbons (Fsp3) is 0.509. The van der Waals surface area contributed by atoms with Gasteiger partial charge in [-0.25, -0.2) is 14.6 Å². The number of hydrogen-bond acceptors (Lipinski definition) is 14. The zero-order valence-corrected chi connectivity index (χ0v) is 40.1. The van der Waals surface area contributed by atoms with E-state index in [9.17, 15) is 19.5 Å². The molecule has 0 aliphatic carbocycles. The highest BCUT2D eigenvalue weighted by atomic mass is 16.5. The molecule has 17 heteroatoms. The summed E-state index contributed by atoms with van der Waals surface area (Å²) in [4.78, 5) is 60.4. The number of nitrogens with one attached hydrogen (secondary N) is 1. The number of piperazine rings is 1. The lowest BCUT2D eigenvalue weighted by Crippen LogP contribution is -2.58. The van der Waals surface area contributed by atoms with Crippen molar-refractivity contribution in [1.29, 1.82) is 0 Å². The van der Waals surface area contributed by atoms with Gasteiger partial charge in [0.2, 0.25) is 11.8 Å². The maximum absolute atomic E-state index is 13.2. The van der Waals surface area contributed by atoms with Gasteiger partial charge in [0.15, 0.2) is 12.0 Å². The number of rotatable bonds is 13. The first-order valence-corrected chi connectivity index (χ1v) is 25.7. The molecule has 4 N–H and O–H groups in total.